The van der Waals surface area contributed by atoms with E-state index < -0.39 is 10.0 Å². The van der Waals surface area contributed by atoms with Gasteiger partial charge in [0.2, 0.25) is 0 Å². The molecule has 0 radical (unpaired) electrons. The highest BCUT2D eigenvalue weighted by molar-refractivity contribution is 7.92. The van der Waals surface area contributed by atoms with Crippen LogP contribution in [0.15, 0.2) is 78.0 Å². The van der Waals surface area contributed by atoms with E-state index >= 15 is 0 Å². The zero-order valence-electron chi connectivity index (χ0n) is 15.7. The first-order chi connectivity index (χ1) is 13.3. The minimum Gasteiger partial charge on any atom is -0.337 e. The van der Waals surface area contributed by atoms with Gasteiger partial charge in [0, 0.05) is 37.2 Å². The van der Waals surface area contributed by atoms with E-state index in [1.54, 1.807) is 36.5 Å². The van der Waals surface area contributed by atoms with Crippen molar-refractivity contribution in [3.63, 3.8) is 0 Å². The maximum Gasteiger partial charge on any atom is 0.261 e. The molecule has 0 spiro atoms. The lowest BCUT2D eigenvalue weighted by atomic mass is 10.2. The highest BCUT2D eigenvalue weighted by Gasteiger charge is 2.17. The predicted octanol–water partition coefficient (Wildman–Crippen LogP) is 3.46. The van der Waals surface area contributed by atoms with Gasteiger partial charge in [-0.1, -0.05) is 23.8 Å². The van der Waals surface area contributed by atoms with Crippen LogP contribution in [-0.2, 0) is 16.6 Å². The van der Waals surface area contributed by atoms with E-state index in [1.165, 1.54) is 24.3 Å². The van der Waals surface area contributed by atoms with Gasteiger partial charge in [0.1, 0.15) is 0 Å². The molecule has 6 nitrogen and oxygen atoms in total. The van der Waals surface area contributed by atoms with E-state index in [0.717, 1.165) is 11.1 Å². The molecule has 1 amide bonds. The Bertz CT molecular complexity index is 1050. The van der Waals surface area contributed by atoms with Crippen LogP contribution in [0.4, 0.5) is 5.69 Å². The molecule has 1 heterocycles. The SMILES string of the molecule is Cc1ccc(NS(=O)(=O)c2ccc(C(=O)N(C)Cc3cccnc3)cc2)cc1. The minimum absolute atomic E-state index is 0.0968. The second-order valence-corrected chi connectivity index (χ2v) is 8.20. The van der Waals surface area contributed by atoms with Crippen molar-refractivity contribution in [2.75, 3.05) is 11.8 Å². The fourth-order valence-electron chi connectivity index (χ4n) is 2.67. The van der Waals surface area contributed by atoms with E-state index in [0.29, 0.717) is 17.8 Å². The van der Waals surface area contributed by atoms with Crippen molar-refractivity contribution in [2.45, 2.75) is 18.4 Å². The molecular formula is C21H21N3O3S. The summed E-state index contributed by atoms with van der Waals surface area (Å²) in [6.45, 7) is 2.35. The number of aromatic nitrogens is 1. The van der Waals surface area contributed by atoms with Crippen LogP contribution in [0, 0.1) is 6.92 Å². The van der Waals surface area contributed by atoms with Crippen molar-refractivity contribution in [3.05, 3.63) is 89.7 Å². The molecule has 3 rings (SSSR count). The number of aryl methyl sites for hydroxylation is 1. The lowest BCUT2D eigenvalue weighted by Crippen LogP contribution is -2.26. The average Bonchev–Trinajstić information content (AvgIpc) is 2.70. The third-order valence-corrected chi connectivity index (χ3v) is 5.60. The highest BCUT2D eigenvalue weighted by Crippen LogP contribution is 2.18. The number of carbonyl (C=O) groups excluding carboxylic acids is 1. The summed E-state index contributed by atoms with van der Waals surface area (Å²) in [5.74, 6) is -0.195. The fraction of sp³-hybridized carbons (Fsp3) is 0.143. The number of nitrogens with zero attached hydrogens (tertiary/aromatic N) is 2. The second-order valence-electron chi connectivity index (χ2n) is 6.52. The van der Waals surface area contributed by atoms with Gasteiger partial charge in [0.25, 0.3) is 15.9 Å². The largest absolute Gasteiger partial charge is 0.337 e. The normalized spacial score (nSPS) is 11.1. The number of rotatable bonds is 6. The topological polar surface area (TPSA) is 79.4 Å². The average molecular weight is 395 g/mol. The summed E-state index contributed by atoms with van der Waals surface area (Å²) in [6.07, 6.45) is 3.38. The Balaban J connectivity index is 1.71. The molecule has 0 unspecified atom stereocenters. The lowest BCUT2D eigenvalue weighted by molar-refractivity contribution is 0.0785. The van der Waals surface area contributed by atoms with Crippen molar-refractivity contribution < 1.29 is 13.2 Å². The number of benzene rings is 2. The molecule has 28 heavy (non-hydrogen) atoms. The number of hydrogen-bond acceptors (Lipinski definition) is 4. The number of sulfonamides is 1. The molecule has 0 atom stereocenters. The van der Waals surface area contributed by atoms with E-state index in [9.17, 15) is 13.2 Å². The van der Waals surface area contributed by atoms with Gasteiger partial charge in [-0.05, 0) is 55.0 Å². The summed E-state index contributed by atoms with van der Waals surface area (Å²) in [4.78, 5) is 18.3. The Hall–Kier alpha value is -3.19. The van der Waals surface area contributed by atoms with Crippen molar-refractivity contribution in [2.24, 2.45) is 0 Å². The van der Waals surface area contributed by atoms with Gasteiger partial charge in [-0.15, -0.1) is 0 Å². The zero-order valence-corrected chi connectivity index (χ0v) is 16.5. The summed E-state index contributed by atoms with van der Waals surface area (Å²) < 4.78 is 27.6. The molecule has 144 valence electrons. The van der Waals surface area contributed by atoms with E-state index in [-0.39, 0.29) is 10.8 Å². The van der Waals surface area contributed by atoms with Crippen LogP contribution in [0.3, 0.4) is 0 Å². The van der Waals surface area contributed by atoms with Gasteiger partial charge < -0.3 is 4.90 Å². The number of pyridine rings is 1. The van der Waals surface area contributed by atoms with Gasteiger partial charge in [-0.2, -0.15) is 0 Å². The minimum atomic E-state index is -3.72. The number of amides is 1. The molecule has 1 aromatic heterocycles. The van der Waals surface area contributed by atoms with Gasteiger partial charge in [-0.25, -0.2) is 8.42 Å². The summed E-state index contributed by atoms with van der Waals surface area (Å²) in [6, 6.07) is 16.7. The Morgan fingerprint density at radius 2 is 1.71 bits per heavy atom. The van der Waals surface area contributed by atoms with Crippen molar-refractivity contribution in [1.29, 1.82) is 0 Å². The fourth-order valence-corrected chi connectivity index (χ4v) is 3.73. The Morgan fingerprint density at radius 1 is 1.04 bits per heavy atom. The van der Waals surface area contributed by atoms with Crippen LogP contribution < -0.4 is 4.72 Å². The Labute approximate surface area is 164 Å². The number of hydrogen-bond donors (Lipinski definition) is 1. The van der Waals surface area contributed by atoms with Crippen LogP contribution in [0.25, 0.3) is 0 Å². The molecule has 1 N–H and O–H groups in total. The number of carbonyl (C=O) groups is 1. The monoisotopic (exact) mass is 395 g/mol. The molecule has 2 aromatic carbocycles. The summed E-state index contributed by atoms with van der Waals surface area (Å²) in [5.41, 5.74) is 2.86. The van der Waals surface area contributed by atoms with Crippen LogP contribution in [-0.4, -0.2) is 31.3 Å². The Morgan fingerprint density at radius 3 is 2.32 bits per heavy atom. The van der Waals surface area contributed by atoms with Gasteiger partial charge in [0.05, 0.1) is 4.90 Å². The molecular weight excluding hydrogens is 374 g/mol. The highest BCUT2D eigenvalue weighted by atomic mass is 32.2. The van der Waals surface area contributed by atoms with Crippen LogP contribution >= 0.6 is 0 Å². The first kappa shape index (κ1) is 19.6. The standard InChI is InChI=1S/C21H21N3O3S/c1-16-5-9-19(10-6-16)23-28(26,27)20-11-7-18(8-12-20)21(25)24(2)15-17-4-3-13-22-14-17/h3-14,23H,15H2,1-2H3. The predicted molar refractivity (Wildman–Crippen MR) is 108 cm³/mol. The van der Waals surface area contributed by atoms with Crippen LogP contribution in [0.1, 0.15) is 21.5 Å². The summed E-state index contributed by atoms with van der Waals surface area (Å²) in [5, 5.41) is 0. The molecule has 0 fully saturated rings. The van der Waals surface area contributed by atoms with Gasteiger partial charge in [-0.3, -0.25) is 14.5 Å². The van der Waals surface area contributed by atoms with Crippen LogP contribution in [0.2, 0.25) is 0 Å². The Kier molecular flexibility index (Phi) is 5.75. The summed E-state index contributed by atoms with van der Waals surface area (Å²) in [7, 11) is -2.03. The zero-order chi connectivity index (χ0) is 20.1. The third-order valence-electron chi connectivity index (χ3n) is 4.20. The van der Waals surface area contributed by atoms with Crippen LogP contribution in [0.5, 0.6) is 0 Å². The smallest absolute Gasteiger partial charge is 0.261 e. The van der Waals surface area contributed by atoms with Crippen molar-refractivity contribution in [3.8, 4) is 0 Å². The molecule has 3 aromatic rings. The third kappa shape index (κ3) is 4.75. The quantitative estimate of drug-likeness (QED) is 0.693. The van der Waals surface area contributed by atoms with Crippen molar-refractivity contribution >= 4 is 21.6 Å². The number of anilines is 1. The molecule has 0 bridgehead atoms. The maximum absolute atomic E-state index is 12.6. The van der Waals surface area contributed by atoms with Gasteiger partial charge >= 0.3 is 0 Å². The number of nitrogens with one attached hydrogen (secondary N) is 1. The molecule has 7 heteroatoms. The van der Waals surface area contributed by atoms with E-state index in [4.69, 9.17) is 0 Å². The second kappa shape index (κ2) is 8.22. The van der Waals surface area contributed by atoms with E-state index in [2.05, 4.69) is 9.71 Å². The molecule has 0 aliphatic heterocycles. The molecule has 0 saturated heterocycles. The van der Waals surface area contributed by atoms with Crippen molar-refractivity contribution in [1.82, 2.24) is 9.88 Å². The molecule has 0 saturated carbocycles. The molecule has 0 aliphatic rings. The van der Waals surface area contributed by atoms with E-state index in [1.807, 2.05) is 31.2 Å². The molecule has 0 aliphatic carbocycles. The summed E-state index contributed by atoms with van der Waals surface area (Å²) >= 11 is 0. The first-order valence-corrected chi connectivity index (χ1v) is 10.2. The van der Waals surface area contributed by atoms with Gasteiger partial charge in [0.15, 0.2) is 0 Å². The lowest BCUT2D eigenvalue weighted by Gasteiger charge is -2.17. The maximum atomic E-state index is 12.6. The first-order valence-electron chi connectivity index (χ1n) is 8.69.